The average molecular weight is 411 g/mol. The molecule has 1 aromatic rings. The van der Waals surface area contributed by atoms with E-state index >= 15 is 0 Å². The summed E-state index contributed by atoms with van der Waals surface area (Å²) in [6, 6.07) is 8.07. The van der Waals surface area contributed by atoms with E-state index in [0.29, 0.717) is 6.42 Å². The van der Waals surface area contributed by atoms with Gasteiger partial charge in [-0.2, -0.15) is 8.42 Å². The zero-order valence-corrected chi connectivity index (χ0v) is 17.8. The van der Waals surface area contributed by atoms with Crippen molar-refractivity contribution < 1.29 is 21.9 Å². The van der Waals surface area contributed by atoms with Crippen molar-refractivity contribution in [2.45, 2.75) is 83.7 Å². The molecule has 5 nitrogen and oxygen atoms in total. The van der Waals surface area contributed by atoms with Crippen LogP contribution < -0.4 is 0 Å². The molecule has 0 heterocycles. The Morgan fingerprint density at radius 2 is 1.71 bits per heavy atom. The summed E-state index contributed by atoms with van der Waals surface area (Å²) in [5, 5.41) is 0. The van der Waals surface area contributed by atoms with Gasteiger partial charge < -0.3 is 4.74 Å². The summed E-state index contributed by atoms with van der Waals surface area (Å²) in [6.45, 7) is 2.32. The van der Waals surface area contributed by atoms with Crippen LogP contribution in [0.25, 0.3) is 5.76 Å². The molecule has 2 rings (SSSR count). The highest BCUT2D eigenvalue weighted by atomic mass is 32.3. The SMILES string of the molecule is CCCCCCCCCCC(COC1=CCCc2ccccc21)OS(=O)(=O)O. The van der Waals surface area contributed by atoms with Crippen LogP contribution in [0.15, 0.2) is 30.3 Å². The number of hydrogen-bond acceptors (Lipinski definition) is 4. The van der Waals surface area contributed by atoms with Crippen LogP contribution in [-0.2, 0) is 25.7 Å². The Labute approximate surface area is 170 Å². The number of benzene rings is 1. The lowest BCUT2D eigenvalue weighted by Gasteiger charge is -2.21. The molecule has 1 aliphatic carbocycles. The maximum absolute atomic E-state index is 11.2. The number of rotatable bonds is 14. The van der Waals surface area contributed by atoms with Gasteiger partial charge in [-0.1, -0.05) is 82.6 Å². The fourth-order valence-corrected chi connectivity index (χ4v) is 4.10. The Bertz CT molecular complexity index is 711. The molecule has 0 amide bonds. The third-order valence-electron chi connectivity index (χ3n) is 5.09. The van der Waals surface area contributed by atoms with Crippen LogP contribution in [0.4, 0.5) is 0 Å². The molecule has 0 saturated heterocycles. The molecule has 1 aliphatic rings. The highest BCUT2D eigenvalue weighted by Gasteiger charge is 2.20. The molecule has 0 aliphatic heterocycles. The minimum Gasteiger partial charge on any atom is -0.491 e. The van der Waals surface area contributed by atoms with Crippen LogP contribution in [0.3, 0.4) is 0 Å². The van der Waals surface area contributed by atoms with E-state index in [9.17, 15) is 8.42 Å². The molecule has 0 aromatic heterocycles. The molecule has 1 N–H and O–H groups in total. The fraction of sp³-hybridized carbons (Fsp3) is 0.636. The largest absolute Gasteiger partial charge is 0.491 e. The van der Waals surface area contributed by atoms with Gasteiger partial charge in [0.2, 0.25) is 0 Å². The number of unbranched alkanes of at least 4 members (excludes halogenated alkanes) is 7. The van der Waals surface area contributed by atoms with Crippen LogP contribution in [0, 0.1) is 0 Å². The molecule has 0 bridgehead atoms. The smallest absolute Gasteiger partial charge is 0.397 e. The third-order valence-corrected chi connectivity index (χ3v) is 5.60. The van der Waals surface area contributed by atoms with Gasteiger partial charge in [-0.3, -0.25) is 4.55 Å². The molecular formula is C22H34O5S. The third kappa shape index (κ3) is 8.76. The lowest BCUT2D eigenvalue weighted by Crippen LogP contribution is -2.23. The molecular weight excluding hydrogens is 376 g/mol. The van der Waals surface area contributed by atoms with Crippen molar-refractivity contribution in [2.75, 3.05) is 6.61 Å². The van der Waals surface area contributed by atoms with Crippen molar-refractivity contribution in [3.05, 3.63) is 41.5 Å². The van der Waals surface area contributed by atoms with E-state index in [1.165, 1.54) is 37.7 Å². The minimum absolute atomic E-state index is 0.108. The standard InChI is InChI=1S/C22H34O5S/c1-2-3-4-5-6-7-8-9-15-20(27-28(23,24)25)18-26-22-17-12-14-19-13-10-11-16-21(19)22/h10-11,13,16-17,20H,2-9,12,14-15,18H2,1H3,(H,23,24,25). The number of hydrogen-bond donors (Lipinski definition) is 1. The Morgan fingerprint density at radius 1 is 1.04 bits per heavy atom. The van der Waals surface area contributed by atoms with Gasteiger partial charge in [0, 0.05) is 5.56 Å². The van der Waals surface area contributed by atoms with Crippen molar-refractivity contribution in [3.63, 3.8) is 0 Å². The summed E-state index contributed by atoms with van der Waals surface area (Å²) < 4.78 is 42.2. The Kier molecular flexibility index (Phi) is 10.0. The zero-order valence-electron chi connectivity index (χ0n) is 16.9. The lowest BCUT2D eigenvalue weighted by atomic mass is 9.96. The van der Waals surface area contributed by atoms with Crippen molar-refractivity contribution in [1.29, 1.82) is 0 Å². The summed E-state index contributed by atoms with van der Waals surface area (Å²) in [7, 11) is -4.49. The highest BCUT2D eigenvalue weighted by molar-refractivity contribution is 7.80. The van der Waals surface area contributed by atoms with Crippen LogP contribution in [0.1, 0.15) is 82.3 Å². The van der Waals surface area contributed by atoms with E-state index in [2.05, 4.69) is 13.0 Å². The molecule has 6 heteroatoms. The van der Waals surface area contributed by atoms with Crippen LogP contribution in [0.5, 0.6) is 0 Å². The maximum Gasteiger partial charge on any atom is 0.397 e. The first-order valence-corrected chi connectivity index (χ1v) is 11.9. The second-order valence-corrected chi connectivity index (χ2v) is 8.53. The maximum atomic E-state index is 11.2. The molecule has 0 saturated carbocycles. The summed E-state index contributed by atoms with van der Waals surface area (Å²) in [5.74, 6) is 0.765. The predicted molar refractivity (Wildman–Crippen MR) is 112 cm³/mol. The van der Waals surface area contributed by atoms with E-state index in [0.717, 1.165) is 43.4 Å². The molecule has 1 atom stereocenters. The van der Waals surface area contributed by atoms with Crippen molar-refractivity contribution in [3.8, 4) is 0 Å². The van der Waals surface area contributed by atoms with Crippen molar-refractivity contribution >= 4 is 16.2 Å². The molecule has 1 aromatic carbocycles. The molecule has 1 unspecified atom stereocenters. The summed E-state index contributed by atoms with van der Waals surface area (Å²) >= 11 is 0. The van der Waals surface area contributed by atoms with Crippen molar-refractivity contribution in [2.24, 2.45) is 0 Å². The van der Waals surface area contributed by atoms with E-state index in [1.807, 2.05) is 24.3 Å². The van der Waals surface area contributed by atoms with Gasteiger partial charge in [0.25, 0.3) is 0 Å². The summed E-state index contributed by atoms with van der Waals surface area (Å²) in [5.41, 5.74) is 2.28. The Morgan fingerprint density at radius 3 is 2.43 bits per heavy atom. The first-order chi connectivity index (χ1) is 13.5. The molecule has 0 spiro atoms. The molecule has 28 heavy (non-hydrogen) atoms. The number of allylic oxidation sites excluding steroid dienone is 1. The Balaban J connectivity index is 1.79. The molecule has 158 valence electrons. The van der Waals surface area contributed by atoms with Crippen LogP contribution >= 0.6 is 0 Å². The topological polar surface area (TPSA) is 72.8 Å². The van der Waals surface area contributed by atoms with E-state index in [1.54, 1.807) is 0 Å². The van der Waals surface area contributed by atoms with E-state index in [-0.39, 0.29) is 6.61 Å². The van der Waals surface area contributed by atoms with Gasteiger partial charge in [-0.15, -0.1) is 0 Å². The van der Waals surface area contributed by atoms with Gasteiger partial charge in [0.15, 0.2) is 0 Å². The van der Waals surface area contributed by atoms with Crippen molar-refractivity contribution in [1.82, 2.24) is 0 Å². The van der Waals surface area contributed by atoms with E-state index < -0.39 is 16.5 Å². The lowest BCUT2D eigenvalue weighted by molar-refractivity contribution is 0.0969. The van der Waals surface area contributed by atoms with Crippen LogP contribution in [0.2, 0.25) is 0 Å². The first kappa shape index (κ1) is 22.9. The van der Waals surface area contributed by atoms with Gasteiger partial charge in [-0.05, 0) is 30.9 Å². The van der Waals surface area contributed by atoms with E-state index in [4.69, 9.17) is 13.5 Å². The molecule has 0 fully saturated rings. The van der Waals surface area contributed by atoms with Crippen LogP contribution in [-0.4, -0.2) is 25.7 Å². The zero-order chi connectivity index (χ0) is 20.2. The summed E-state index contributed by atoms with van der Waals surface area (Å²) in [6.07, 6.45) is 13.1. The normalized spacial score (nSPS) is 15.0. The second-order valence-electron chi connectivity index (χ2n) is 7.48. The van der Waals surface area contributed by atoms with Gasteiger partial charge >= 0.3 is 10.4 Å². The number of aryl methyl sites for hydroxylation is 1. The van der Waals surface area contributed by atoms with Gasteiger partial charge in [0.1, 0.15) is 18.5 Å². The second kappa shape index (κ2) is 12.2. The number of ether oxygens (including phenoxy) is 1. The predicted octanol–water partition coefficient (Wildman–Crippen LogP) is 5.71. The monoisotopic (exact) mass is 410 g/mol. The molecule has 0 radical (unpaired) electrons. The summed E-state index contributed by atoms with van der Waals surface area (Å²) in [4.78, 5) is 0. The quantitative estimate of drug-likeness (QED) is 0.314. The number of fused-ring (bicyclic) bond motifs is 1. The highest BCUT2D eigenvalue weighted by Crippen LogP contribution is 2.27. The minimum atomic E-state index is -4.49. The Hall–Kier alpha value is -1.37. The van der Waals surface area contributed by atoms with Gasteiger partial charge in [0.05, 0.1) is 0 Å². The first-order valence-electron chi connectivity index (χ1n) is 10.6. The van der Waals surface area contributed by atoms with Gasteiger partial charge in [-0.25, -0.2) is 4.18 Å². The average Bonchev–Trinajstić information content (AvgIpc) is 2.67. The fourth-order valence-electron chi connectivity index (χ4n) is 3.60.